The molecule has 1 aliphatic heterocycles. The summed E-state index contributed by atoms with van der Waals surface area (Å²) in [5, 5.41) is 19.9. The third-order valence-electron chi connectivity index (χ3n) is 3.47. The first-order valence-electron chi connectivity index (χ1n) is 7.19. The molecule has 2 aromatic rings. The summed E-state index contributed by atoms with van der Waals surface area (Å²) >= 11 is 0. The molecule has 0 bridgehead atoms. The molecule has 118 valence electrons. The summed E-state index contributed by atoms with van der Waals surface area (Å²) in [5.41, 5.74) is 1.54. The molecule has 0 saturated heterocycles. The van der Waals surface area contributed by atoms with Gasteiger partial charge in [-0.1, -0.05) is 24.3 Å². The molecule has 6 nitrogen and oxygen atoms in total. The van der Waals surface area contributed by atoms with Gasteiger partial charge in [-0.2, -0.15) is 0 Å². The summed E-state index contributed by atoms with van der Waals surface area (Å²) in [6.45, 7) is 1.96. The van der Waals surface area contributed by atoms with E-state index in [1.54, 1.807) is 31.2 Å². The average Bonchev–Trinajstić information content (AvgIpc) is 2.86. The van der Waals surface area contributed by atoms with Gasteiger partial charge in [0.1, 0.15) is 0 Å². The van der Waals surface area contributed by atoms with Crippen molar-refractivity contribution in [2.24, 2.45) is 0 Å². The van der Waals surface area contributed by atoms with Crippen molar-refractivity contribution in [1.29, 1.82) is 0 Å². The van der Waals surface area contributed by atoms with Crippen LogP contribution in [0.4, 0.5) is 0 Å². The van der Waals surface area contributed by atoms with E-state index in [2.05, 4.69) is 0 Å². The molecule has 0 spiro atoms. The molecule has 0 aliphatic carbocycles. The molecule has 0 aromatic heterocycles. The van der Waals surface area contributed by atoms with Crippen LogP contribution in [0.5, 0.6) is 11.5 Å². The van der Waals surface area contributed by atoms with Crippen LogP contribution in [0.3, 0.4) is 0 Å². The van der Waals surface area contributed by atoms with Gasteiger partial charge in [0, 0.05) is 5.56 Å². The molecule has 1 aliphatic rings. The molecule has 1 heterocycles. The van der Waals surface area contributed by atoms with Gasteiger partial charge in [-0.15, -0.1) is 0 Å². The molecule has 3 rings (SSSR count). The quantitative estimate of drug-likeness (QED) is 0.655. The molecule has 7 heteroatoms. The first kappa shape index (κ1) is 15.4. The van der Waals surface area contributed by atoms with Crippen LogP contribution in [-0.4, -0.2) is 29.8 Å². The van der Waals surface area contributed by atoms with E-state index in [-0.39, 0.29) is 23.7 Å². The van der Waals surface area contributed by atoms with Gasteiger partial charge in [0.2, 0.25) is 6.29 Å². The Hall–Kier alpha value is -2.51. The molecule has 0 fully saturated rings. The standard InChI is InChI=1S/C16H15BO6/c1-2-21-15(19)10-7-8-14(13(18)9-10)22-16-11-5-3-4-6-12(11)17(20)23-16/h3-9,16,18,20H,2H2,1H3. The van der Waals surface area contributed by atoms with Crippen LogP contribution in [0.15, 0.2) is 42.5 Å². The number of fused-ring (bicyclic) bond motifs is 1. The van der Waals surface area contributed by atoms with Crippen LogP contribution in [0.1, 0.15) is 29.1 Å². The highest BCUT2D eigenvalue weighted by Gasteiger charge is 2.36. The number of hydrogen-bond donors (Lipinski definition) is 2. The highest BCUT2D eigenvalue weighted by Crippen LogP contribution is 2.33. The van der Waals surface area contributed by atoms with Gasteiger partial charge in [0.05, 0.1) is 12.2 Å². The van der Waals surface area contributed by atoms with Crippen molar-refractivity contribution < 1.29 is 29.1 Å². The second kappa shape index (κ2) is 6.32. The van der Waals surface area contributed by atoms with Crippen molar-refractivity contribution in [2.75, 3.05) is 6.61 Å². The topological polar surface area (TPSA) is 85.2 Å². The highest BCUT2D eigenvalue weighted by atomic mass is 16.7. The van der Waals surface area contributed by atoms with Crippen molar-refractivity contribution in [3.05, 3.63) is 53.6 Å². The largest absolute Gasteiger partial charge is 0.504 e. The van der Waals surface area contributed by atoms with Crippen molar-refractivity contribution >= 4 is 18.6 Å². The summed E-state index contributed by atoms with van der Waals surface area (Å²) in [4.78, 5) is 11.6. The number of benzene rings is 2. The lowest BCUT2D eigenvalue weighted by Crippen LogP contribution is -2.27. The Morgan fingerprint density at radius 3 is 2.83 bits per heavy atom. The number of esters is 1. The van der Waals surface area contributed by atoms with Gasteiger partial charge in [-0.3, -0.25) is 0 Å². The van der Waals surface area contributed by atoms with Gasteiger partial charge in [-0.05, 0) is 30.6 Å². The number of aromatic hydroxyl groups is 1. The van der Waals surface area contributed by atoms with Gasteiger partial charge < -0.3 is 24.3 Å². The second-order valence-corrected chi connectivity index (χ2v) is 4.97. The minimum atomic E-state index is -1.07. The van der Waals surface area contributed by atoms with E-state index in [1.165, 1.54) is 18.2 Å². The first-order chi connectivity index (χ1) is 11.1. The van der Waals surface area contributed by atoms with Crippen LogP contribution in [0.2, 0.25) is 0 Å². The van der Waals surface area contributed by atoms with Crippen molar-refractivity contribution in [1.82, 2.24) is 0 Å². The summed E-state index contributed by atoms with van der Waals surface area (Å²) in [5.74, 6) is -0.586. The molecular formula is C16H15BO6. The number of carbonyl (C=O) groups is 1. The van der Waals surface area contributed by atoms with Gasteiger partial charge >= 0.3 is 13.1 Å². The lowest BCUT2D eigenvalue weighted by atomic mass is 9.80. The van der Waals surface area contributed by atoms with Crippen molar-refractivity contribution in [3.63, 3.8) is 0 Å². The second-order valence-electron chi connectivity index (χ2n) is 4.97. The normalized spacial score (nSPS) is 16.1. The van der Waals surface area contributed by atoms with Crippen LogP contribution in [0.25, 0.3) is 0 Å². The molecular weight excluding hydrogens is 299 g/mol. The van der Waals surface area contributed by atoms with Gasteiger partial charge in [0.15, 0.2) is 11.5 Å². The monoisotopic (exact) mass is 314 g/mol. The van der Waals surface area contributed by atoms with Crippen LogP contribution >= 0.6 is 0 Å². The summed E-state index contributed by atoms with van der Waals surface area (Å²) < 4.78 is 15.8. The maximum Gasteiger partial charge on any atom is 0.494 e. The predicted molar refractivity (Wildman–Crippen MR) is 82.6 cm³/mol. The Balaban J connectivity index is 1.80. The smallest absolute Gasteiger partial charge is 0.494 e. The Labute approximate surface area is 133 Å². The van der Waals surface area contributed by atoms with Crippen LogP contribution < -0.4 is 10.2 Å². The Morgan fingerprint density at radius 1 is 1.30 bits per heavy atom. The van der Waals surface area contributed by atoms with E-state index < -0.39 is 19.4 Å². The van der Waals surface area contributed by atoms with E-state index in [0.717, 1.165) is 0 Å². The van der Waals surface area contributed by atoms with Gasteiger partial charge in [0.25, 0.3) is 0 Å². The van der Waals surface area contributed by atoms with E-state index in [9.17, 15) is 14.9 Å². The predicted octanol–water partition coefficient (Wildman–Crippen LogP) is 1.36. The van der Waals surface area contributed by atoms with Crippen molar-refractivity contribution in [2.45, 2.75) is 13.2 Å². The lowest BCUT2D eigenvalue weighted by molar-refractivity contribution is -0.000920. The van der Waals surface area contributed by atoms with E-state index >= 15 is 0 Å². The number of carbonyl (C=O) groups excluding carboxylic acids is 1. The van der Waals surface area contributed by atoms with Gasteiger partial charge in [-0.25, -0.2) is 4.79 Å². The molecule has 0 radical (unpaired) electrons. The number of phenols is 1. The summed E-state index contributed by atoms with van der Waals surface area (Å²) in [6.07, 6.45) is -0.833. The van der Waals surface area contributed by atoms with E-state index in [0.29, 0.717) is 11.0 Å². The zero-order valence-corrected chi connectivity index (χ0v) is 12.4. The van der Waals surface area contributed by atoms with E-state index in [4.69, 9.17) is 14.1 Å². The third kappa shape index (κ3) is 3.01. The summed E-state index contributed by atoms with van der Waals surface area (Å²) in [7, 11) is -1.07. The maximum absolute atomic E-state index is 11.6. The molecule has 0 saturated carbocycles. The molecule has 2 N–H and O–H groups in total. The fourth-order valence-corrected chi connectivity index (χ4v) is 2.38. The Kier molecular flexibility index (Phi) is 4.23. The number of hydrogen-bond acceptors (Lipinski definition) is 6. The zero-order valence-electron chi connectivity index (χ0n) is 12.4. The first-order valence-corrected chi connectivity index (χ1v) is 7.19. The van der Waals surface area contributed by atoms with Crippen molar-refractivity contribution in [3.8, 4) is 11.5 Å². The molecule has 1 atom stereocenters. The highest BCUT2D eigenvalue weighted by molar-refractivity contribution is 6.61. The fourth-order valence-electron chi connectivity index (χ4n) is 2.38. The average molecular weight is 314 g/mol. The van der Waals surface area contributed by atoms with E-state index in [1.807, 2.05) is 0 Å². The molecule has 2 aromatic carbocycles. The minimum Gasteiger partial charge on any atom is -0.504 e. The molecule has 23 heavy (non-hydrogen) atoms. The fraction of sp³-hybridized carbons (Fsp3) is 0.188. The van der Waals surface area contributed by atoms with Crippen LogP contribution in [0, 0.1) is 0 Å². The Morgan fingerprint density at radius 2 is 2.09 bits per heavy atom. The summed E-state index contributed by atoms with van der Waals surface area (Å²) in [6, 6.07) is 11.3. The number of ether oxygens (including phenoxy) is 2. The number of phenolic OH excluding ortho intramolecular Hbond substituents is 1. The zero-order chi connectivity index (χ0) is 16.4. The molecule has 1 unspecified atom stereocenters. The minimum absolute atomic E-state index is 0.145. The lowest BCUT2D eigenvalue weighted by Gasteiger charge is -2.16. The Bertz CT molecular complexity index is 732. The number of rotatable bonds is 4. The van der Waals surface area contributed by atoms with Crippen LogP contribution in [-0.2, 0) is 9.39 Å². The maximum atomic E-state index is 11.6. The molecule has 0 amide bonds. The SMILES string of the molecule is CCOC(=O)c1ccc(OC2OB(O)c3ccccc32)c(O)c1. The third-order valence-corrected chi connectivity index (χ3v) is 3.47.